The maximum Gasteiger partial charge on any atom is 0.0527 e. The molecule has 2 rings (SSSR count). The zero-order valence-electron chi connectivity index (χ0n) is 8.75. The molecular formula is C12H13N2Pt-. The molecule has 0 saturated carbocycles. The maximum absolute atomic E-state index is 4.29. The van der Waals surface area contributed by atoms with E-state index >= 15 is 0 Å². The minimum Gasteiger partial charge on any atom is -0.265 e. The number of benzene rings is 1. The van der Waals surface area contributed by atoms with Crippen LogP contribution in [0.25, 0.3) is 5.69 Å². The summed E-state index contributed by atoms with van der Waals surface area (Å²) in [5.74, 6) is 0.521. The number of rotatable bonds is 2. The van der Waals surface area contributed by atoms with E-state index in [9.17, 15) is 0 Å². The van der Waals surface area contributed by atoms with E-state index in [-0.39, 0.29) is 21.1 Å². The Labute approximate surface area is 105 Å². The fraction of sp³-hybridized carbons (Fsp3) is 0.250. The largest absolute Gasteiger partial charge is 0.265 e. The summed E-state index contributed by atoms with van der Waals surface area (Å²) in [4.78, 5) is 0. The molecule has 0 saturated heterocycles. The van der Waals surface area contributed by atoms with Crippen LogP contribution < -0.4 is 0 Å². The summed E-state index contributed by atoms with van der Waals surface area (Å²) in [5, 5.41) is 4.29. The molecule has 1 aromatic carbocycles. The topological polar surface area (TPSA) is 17.8 Å². The van der Waals surface area contributed by atoms with E-state index in [1.165, 1.54) is 5.56 Å². The van der Waals surface area contributed by atoms with Crippen LogP contribution in [0.1, 0.15) is 25.3 Å². The van der Waals surface area contributed by atoms with Crippen molar-refractivity contribution in [3.63, 3.8) is 0 Å². The van der Waals surface area contributed by atoms with Gasteiger partial charge in [0.05, 0.1) is 6.20 Å². The third-order valence-corrected chi connectivity index (χ3v) is 2.21. The van der Waals surface area contributed by atoms with E-state index in [4.69, 9.17) is 0 Å². The minimum absolute atomic E-state index is 0. The zero-order valence-corrected chi connectivity index (χ0v) is 11.0. The summed E-state index contributed by atoms with van der Waals surface area (Å²) in [6.45, 7) is 4.33. The molecule has 0 N–H and O–H groups in total. The first kappa shape index (κ1) is 12.2. The second kappa shape index (κ2) is 5.27. The second-order valence-corrected chi connectivity index (χ2v) is 3.62. The van der Waals surface area contributed by atoms with Crippen LogP contribution in [0.2, 0.25) is 0 Å². The number of hydrogen-bond donors (Lipinski definition) is 0. The van der Waals surface area contributed by atoms with Gasteiger partial charge in [-0.1, -0.05) is 13.8 Å². The van der Waals surface area contributed by atoms with Gasteiger partial charge in [-0.3, -0.25) is 4.68 Å². The van der Waals surface area contributed by atoms with E-state index in [0.717, 1.165) is 5.69 Å². The van der Waals surface area contributed by atoms with Crippen LogP contribution >= 0.6 is 0 Å². The van der Waals surface area contributed by atoms with Crippen LogP contribution in [-0.4, -0.2) is 9.78 Å². The van der Waals surface area contributed by atoms with Crippen molar-refractivity contribution < 1.29 is 21.1 Å². The van der Waals surface area contributed by atoms with E-state index in [2.05, 4.69) is 31.2 Å². The van der Waals surface area contributed by atoms with Gasteiger partial charge in [-0.2, -0.15) is 29.4 Å². The third-order valence-electron chi connectivity index (χ3n) is 2.21. The normalized spacial score (nSPS) is 10.1. The van der Waals surface area contributed by atoms with Crippen molar-refractivity contribution in [2.45, 2.75) is 19.8 Å². The second-order valence-electron chi connectivity index (χ2n) is 3.62. The molecule has 0 unspecified atom stereocenters. The molecule has 0 bridgehead atoms. The number of para-hydroxylation sites is 1. The summed E-state index contributed by atoms with van der Waals surface area (Å²) < 4.78 is 1.86. The molecule has 0 spiro atoms. The van der Waals surface area contributed by atoms with Gasteiger partial charge < -0.3 is 0 Å². The van der Waals surface area contributed by atoms with E-state index < -0.39 is 0 Å². The van der Waals surface area contributed by atoms with Gasteiger partial charge in [0.2, 0.25) is 0 Å². The fourth-order valence-electron chi connectivity index (χ4n) is 1.29. The van der Waals surface area contributed by atoms with Gasteiger partial charge >= 0.3 is 0 Å². The Balaban J connectivity index is 0.00000112. The van der Waals surface area contributed by atoms with Crippen LogP contribution in [0.15, 0.2) is 36.7 Å². The van der Waals surface area contributed by atoms with Crippen molar-refractivity contribution in [1.29, 1.82) is 0 Å². The summed E-state index contributed by atoms with van der Waals surface area (Å²) in [5.41, 5.74) is 2.24. The van der Waals surface area contributed by atoms with Gasteiger partial charge in [0.15, 0.2) is 0 Å². The van der Waals surface area contributed by atoms with E-state index in [1.54, 1.807) is 0 Å². The molecule has 0 aliphatic heterocycles. The monoisotopic (exact) mass is 380 g/mol. The quantitative estimate of drug-likeness (QED) is 0.733. The Kier molecular flexibility index (Phi) is 4.28. The van der Waals surface area contributed by atoms with Gasteiger partial charge in [0.25, 0.3) is 0 Å². The Hall–Kier alpha value is -0.882. The Bertz CT molecular complexity index is 407. The fourth-order valence-corrected chi connectivity index (χ4v) is 1.29. The van der Waals surface area contributed by atoms with Gasteiger partial charge in [-0.25, -0.2) is 0 Å². The molecular weight excluding hydrogens is 367 g/mol. The molecule has 15 heavy (non-hydrogen) atoms. The van der Waals surface area contributed by atoms with Crippen molar-refractivity contribution in [2.75, 3.05) is 0 Å². The van der Waals surface area contributed by atoms with Crippen LogP contribution in [0.4, 0.5) is 0 Å². The number of aromatic nitrogens is 2. The Morgan fingerprint density at radius 3 is 2.67 bits per heavy atom. The van der Waals surface area contributed by atoms with Gasteiger partial charge in [-0.05, 0) is 17.2 Å². The molecule has 2 aromatic rings. The summed E-state index contributed by atoms with van der Waals surface area (Å²) in [6.07, 6.45) is 3.96. The smallest absolute Gasteiger partial charge is 0.0527 e. The molecule has 82 valence electrons. The molecule has 1 heterocycles. The van der Waals surface area contributed by atoms with E-state index in [0.29, 0.717) is 5.92 Å². The SMILES string of the molecule is CC(C)c1cnn(-c2[c-]cccc2)c1.[Pt]. The summed E-state index contributed by atoms with van der Waals surface area (Å²) >= 11 is 0. The number of nitrogens with zero attached hydrogens (tertiary/aromatic N) is 2. The molecule has 2 nitrogen and oxygen atoms in total. The Morgan fingerprint density at radius 1 is 1.33 bits per heavy atom. The first-order chi connectivity index (χ1) is 6.77. The van der Waals surface area contributed by atoms with Crippen molar-refractivity contribution in [1.82, 2.24) is 9.78 Å². The van der Waals surface area contributed by atoms with Crippen LogP contribution in [0.5, 0.6) is 0 Å². The predicted molar refractivity (Wildman–Crippen MR) is 56.5 cm³/mol. The average Bonchev–Trinajstić information content (AvgIpc) is 2.68. The van der Waals surface area contributed by atoms with Crippen LogP contribution in [0.3, 0.4) is 0 Å². The van der Waals surface area contributed by atoms with Crippen molar-refractivity contribution >= 4 is 0 Å². The Morgan fingerprint density at radius 2 is 2.13 bits per heavy atom. The van der Waals surface area contributed by atoms with Crippen molar-refractivity contribution in [3.05, 3.63) is 48.3 Å². The number of hydrogen-bond acceptors (Lipinski definition) is 1. The third kappa shape index (κ3) is 2.79. The van der Waals surface area contributed by atoms with Crippen molar-refractivity contribution in [2.24, 2.45) is 0 Å². The van der Waals surface area contributed by atoms with Gasteiger partial charge in [0, 0.05) is 27.3 Å². The summed E-state index contributed by atoms with van der Waals surface area (Å²) in [6, 6.07) is 11.0. The molecule has 0 amide bonds. The maximum atomic E-state index is 4.29. The average molecular weight is 380 g/mol. The summed E-state index contributed by atoms with van der Waals surface area (Å²) in [7, 11) is 0. The first-order valence-electron chi connectivity index (χ1n) is 4.79. The van der Waals surface area contributed by atoms with Crippen LogP contribution in [0, 0.1) is 6.07 Å². The van der Waals surface area contributed by atoms with Crippen LogP contribution in [-0.2, 0) is 21.1 Å². The van der Waals surface area contributed by atoms with Gasteiger partial charge in [0.1, 0.15) is 0 Å². The molecule has 0 fully saturated rings. The molecule has 3 heteroatoms. The standard InChI is InChI=1S/C12H13N2.Pt/c1-10(2)11-8-13-14(9-11)12-6-4-3-5-7-12;/h3-6,8-10H,1-2H3;/q-1;. The molecule has 0 atom stereocenters. The molecule has 0 aliphatic carbocycles. The first-order valence-corrected chi connectivity index (χ1v) is 4.79. The molecule has 0 aliphatic rings. The van der Waals surface area contributed by atoms with E-state index in [1.807, 2.05) is 35.1 Å². The minimum atomic E-state index is 0. The molecule has 0 radical (unpaired) electrons. The zero-order chi connectivity index (χ0) is 9.97. The predicted octanol–water partition coefficient (Wildman–Crippen LogP) is 2.79. The molecule has 1 aromatic heterocycles. The van der Waals surface area contributed by atoms with Gasteiger partial charge in [-0.15, -0.1) is 6.07 Å². The van der Waals surface area contributed by atoms with Crippen molar-refractivity contribution in [3.8, 4) is 5.69 Å².